The summed E-state index contributed by atoms with van der Waals surface area (Å²) in [6, 6.07) is 0.0370. The van der Waals surface area contributed by atoms with Crippen molar-refractivity contribution < 1.29 is 9.53 Å². The predicted molar refractivity (Wildman–Crippen MR) is 40.4 cm³/mol. The first kappa shape index (κ1) is 9.72. The molecule has 1 unspecified atom stereocenters. The molecule has 0 spiro atoms. The molecule has 0 bridgehead atoms. The van der Waals surface area contributed by atoms with Gasteiger partial charge in [0.1, 0.15) is 0 Å². The first-order chi connectivity index (χ1) is 4.59. The van der Waals surface area contributed by atoms with Crippen molar-refractivity contribution >= 4 is 17.0 Å². The molecule has 0 aromatic heterocycles. The number of methoxy groups -OCH3 is 1. The van der Waals surface area contributed by atoms with E-state index in [2.05, 4.69) is 0 Å². The van der Waals surface area contributed by atoms with Gasteiger partial charge in [-0.3, -0.25) is 4.79 Å². The largest absolute Gasteiger partial charge is 0.383 e. The lowest BCUT2D eigenvalue weighted by molar-refractivity contribution is 0.132. The lowest BCUT2D eigenvalue weighted by Gasteiger charge is -2.20. The van der Waals surface area contributed by atoms with E-state index in [1.54, 1.807) is 14.2 Å². The zero-order valence-corrected chi connectivity index (χ0v) is 7.18. The molecule has 60 valence electrons. The van der Waals surface area contributed by atoms with E-state index in [1.165, 1.54) is 4.90 Å². The van der Waals surface area contributed by atoms with Gasteiger partial charge < -0.3 is 9.64 Å². The van der Waals surface area contributed by atoms with Gasteiger partial charge in [-0.2, -0.15) is 0 Å². The number of carbonyl (C=O) groups is 1. The highest BCUT2D eigenvalue weighted by Crippen LogP contribution is 1.99. The van der Waals surface area contributed by atoms with E-state index >= 15 is 0 Å². The van der Waals surface area contributed by atoms with Crippen LogP contribution in [0.3, 0.4) is 0 Å². The second-order valence-electron chi connectivity index (χ2n) is 2.17. The van der Waals surface area contributed by atoms with Crippen LogP contribution in [0.4, 0.5) is 4.79 Å². The van der Waals surface area contributed by atoms with Crippen LogP contribution in [0.1, 0.15) is 6.92 Å². The topological polar surface area (TPSA) is 29.5 Å². The first-order valence-corrected chi connectivity index (χ1v) is 3.38. The minimum Gasteiger partial charge on any atom is -0.383 e. The number of ether oxygens (including phenoxy) is 1. The summed E-state index contributed by atoms with van der Waals surface area (Å²) in [4.78, 5) is 11.9. The molecule has 1 amide bonds. The number of amides is 1. The molecule has 3 nitrogen and oxygen atoms in total. The summed E-state index contributed by atoms with van der Waals surface area (Å²) >= 11 is 5.19. The molecule has 1 atom stereocenters. The number of halogens is 1. The molecular formula is C6H12ClNO2. The molecule has 0 radical (unpaired) electrons. The summed E-state index contributed by atoms with van der Waals surface area (Å²) in [5, 5.41) is -0.454. The Hall–Kier alpha value is -0.280. The Bertz CT molecular complexity index is 118. The number of hydrogen-bond donors (Lipinski definition) is 0. The quantitative estimate of drug-likeness (QED) is 0.466. The zero-order valence-electron chi connectivity index (χ0n) is 6.43. The summed E-state index contributed by atoms with van der Waals surface area (Å²) in [6.07, 6.45) is 0. The van der Waals surface area contributed by atoms with Gasteiger partial charge >= 0.3 is 5.37 Å². The Morgan fingerprint density at radius 3 is 2.60 bits per heavy atom. The molecule has 10 heavy (non-hydrogen) atoms. The van der Waals surface area contributed by atoms with E-state index in [-0.39, 0.29) is 6.04 Å². The Balaban J connectivity index is 3.69. The summed E-state index contributed by atoms with van der Waals surface area (Å²) < 4.78 is 4.82. The molecule has 0 rings (SSSR count). The van der Waals surface area contributed by atoms with Crippen molar-refractivity contribution in [2.24, 2.45) is 0 Å². The Kier molecular flexibility index (Phi) is 4.40. The van der Waals surface area contributed by atoms with Crippen LogP contribution in [0, 0.1) is 0 Å². The number of hydrogen-bond acceptors (Lipinski definition) is 2. The van der Waals surface area contributed by atoms with Crippen LogP contribution in [-0.4, -0.2) is 37.1 Å². The van der Waals surface area contributed by atoms with Crippen molar-refractivity contribution in [2.45, 2.75) is 13.0 Å². The summed E-state index contributed by atoms with van der Waals surface area (Å²) in [5.41, 5.74) is 0. The Morgan fingerprint density at radius 2 is 2.30 bits per heavy atom. The highest BCUT2D eigenvalue weighted by molar-refractivity contribution is 6.62. The number of carbonyl (C=O) groups excluding carboxylic acids is 1. The molecule has 0 aliphatic rings. The predicted octanol–water partition coefficient (Wildman–Crippen LogP) is 1.31. The van der Waals surface area contributed by atoms with Gasteiger partial charge in [-0.25, -0.2) is 0 Å². The molecule has 0 N–H and O–H groups in total. The third-order valence-electron chi connectivity index (χ3n) is 1.35. The van der Waals surface area contributed by atoms with Gasteiger partial charge in [0, 0.05) is 14.2 Å². The van der Waals surface area contributed by atoms with E-state index < -0.39 is 5.37 Å². The van der Waals surface area contributed by atoms with Crippen LogP contribution >= 0.6 is 11.6 Å². The van der Waals surface area contributed by atoms with Crippen molar-refractivity contribution in [1.29, 1.82) is 0 Å². The van der Waals surface area contributed by atoms with Crippen LogP contribution in [0.5, 0.6) is 0 Å². The molecule has 0 saturated heterocycles. The molecule has 0 saturated carbocycles. The molecule has 0 aromatic rings. The van der Waals surface area contributed by atoms with Gasteiger partial charge in [0.05, 0.1) is 12.6 Å². The first-order valence-electron chi connectivity index (χ1n) is 3.00. The van der Waals surface area contributed by atoms with Crippen molar-refractivity contribution in [3.05, 3.63) is 0 Å². The average Bonchev–Trinajstić information content (AvgIpc) is 1.87. The van der Waals surface area contributed by atoms with Crippen molar-refractivity contribution in [1.82, 2.24) is 4.90 Å². The maximum atomic E-state index is 10.5. The van der Waals surface area contributed by atoms with Crippen LogP contribution in [0.2, 0.25) is 0 Å². The third-order valence-corrected chi connectivity index (χ3v) is 1.61. The minimum absolute atomic E-state index is 0.0370. The van der Waals surface area contributed by atoms with E-state index in [4.69, 9.17) is 16.3 Å². The van der Waals surface area contributed by atoms with Gasteiger partial charge in [-0.15, -0.1) is 0 Å². The molecule has 0 aromatic carbocycles. The van der Waals surface area contributed by atoms with Gasteiger partial charge in [0.2, 0.25) is 0 Å². The van der Waals surface area contributed by atoms with E-state index in [0.29, 0.717) is 6.61 Å². The van der Waals surface area contributed by atoms with E-state index in [9.17, 15) is 4.79 Å². The highest BCUT2D eigenvalue weighted by Gasteiger charge is 2.11. The normalized spacial score (nSPS) is 12.8. The third kappa shape index (κ3) is 3.03. The summed E-state index contributed by atoms with van der Waals surface area (Å²) in [6.45, 7) is 2.37. The monoisotopic (exact) mass is 165 g/mol. The van der Waals surface area contributed by atoms with Crippen LogP contribution in [0.15, 0.2) is 0 Å². The van der Waals surface area contributed by atoms with Crippen molar-refractivity contribution in [3.63, 3.8) is 0 Å². The smallest absolute Gasteiger partial charge is 0.316 e. The second kappa shape index (κ2) is 4.52. The summed E-state index contributed by atoms with van der Waals surface area (Å²) in [7, 11) is 3.22. The fourth-order valence-corrected chi connectivity index (χ4v) is 0.693. The number of nitrogens with zero attached hydrogens (tertiary/aromatic N) is 1. The highest BCUT2D eigenvalue weighted by atomic mass is 35.5. The van der Waals surface area contributed by atoms with Gasteiger partial charge in [-0.05, 0) is 18.5 Å². The maximum Gasteiger partial charge on any atom is 0.316 e. The van der Waals surface area contributed by atoms with Gasteiger partial charge in [-0.1, -0.05) is 0 Å². The minimum atomic E-state index is -0.454. The molecule has 0 heterocycles. The van der Waals surface area contributed by atoms with Crippen molar-refractivity contribution in [2.75, 3.05) is 20.8 Å². The molecule has 0 aliphatic heterocycles. The standard InChI is InChI=1S/C6H12ClNO2/c1-5(4-10-3)8(2)6(7)9/h5H,4H2,1-3H3. The fourth-order valence-electron chi connectivity index (χ4n) is 0.526. The SMILES string of the molecule is COCC(C)N(C)C(=O)Cl. The maximum absolute atomic E-state index is 10.5. The van der Waals surface area contributed by atoms with Crippen molar-refractivity contribution in [3.8, 4) is 0 Å². The Morgan fingerprint density at radius 1 is 1.80 bits per heavy atom. The van der Waals surface area contributed by atoms with E-state index in [1.807, 2.05) is 6.92 Å². The second-order valence-corrected chi connectivity index (χ2v) is 2.49. The lowest BCUT2D eigenvalue weighted by atomic mass is 10.3. The van der Waals surface area contributed by atoms with Gasteiger partial charge in [0.15, 0.2) is 0 Å². The zero-order chi connectivity index (χ0) is 8.15. The molecule has 0 aliphatic carbocycles. The van der Waals surface area contributed by atoms with Gasteiger partial charge in [0.25, 0.3) is 0 Å². The average molecular weight is 166 g/mol. The van der Waals surface area contributed by atoms with Crippen LogP contribution in [-0.2, 0) is 4.74 Å². The molecular weight excluding hydrogens is 154 g/mol. The number of rotatable bonds is 3. The van der Waals surface area contributed by atoms with E-state index in [0.717, 1.165) is 0 Å². The summed E-state index contributed by atoms with van der Waals surface area (Å²) in [5.74, 6) is 0. The molecule has 0 fully saturated rings. The lowest BCUT2D eigenvalue weighted by Crippen LogP contribution is -2.34. The van der Waals surface area contributed by atoms with Crippen LogP contribution in [0.25, 0.3) is 0 Å². The fraction of sp³-hybridized carbons (Fsp3) is 0.833. The Labute approximate surface area is 65.9 Å². The number of likely N-dealkylation sites (N-methyl/N-ethyl adjacent to an activating group) is 1. The molecule has 4 heteroatoms. The van der Waals surface area contributed by atoms with Crippen LogP contribution < -0.4 is 0 Å².